The molecule has 0 spiro atoms. The summed E-state index contributed by atoms with van der Waals surface area (Å²) < 4.78 is 32.9. The minimum atomic E-state index is -0.490. The van der Waals surface area contributed by atoms with Crippen LogP contribution < -0.4 is 30.2 Å². The van der Waals surface area contributed by atoms with Crippen molar-refractivity contribution in [2.24, 2.45) is 0 Å². The van der Waals surface area contributed by atoms with Gasteiger partial charge in [0.25, 0.3) is 0 Å². The third kappa shape index (κ3) is 4.19. The van der Waals surface area contributed by atoms with Crippen LogP contribution in [0.4, 0.5) is 0 Å². The third-order valence-corrected chi connectivity index (χ3v) is 6.95. The Bertz CT molecular complexity index is 1910. The van der Waals surface area contributed by atoms with Crippen LogP contribution in [0.3, 0.4) is 0 Å². The molecule has 0 aliphatic carbocycles. The number of hydrogen-bond acceptors (Lipinski definition) is 8. The molecule has 0 aliphatic heterocycles. The van der Waals surface area contributed by atoms with Crippen molar-refractivity contribution < 1.29 is 27.8 Å². The van der Waals surface area contributed by atoms with Crippen molar-refractivity contribution in [3.05, 3.63) is 93.6 Å². The van der Waals surface area contributed by atoms with Gasteiger partial charge in [0.1, 0.15) is 34.2 Å². The molecule has 6 aromatic rings. The lowest BCUT2D eigenvalue weighted by Crippen LogP contribution is -2.04. The number of rotatable bonds is 6. The Morgan fingerprint density at radius 1 is 0.500 bits per heavy atom. The van der Waals surface area contributed by atoms with E-state index in [4.69, 9.17) is 27.8 Å². The molecule has 2 aromatic heterocycles. The fraction of sp³-hybridized carbons (Fsp3) is 0.125. The van der Waals surface area contributed by atoms with E-state index in [9.17, 15) is 9.59 Å². The fourth-order valence-electron chi connectivity index (χ4n) is 4.88. The van der Waals surface area contributed by atoms with Crippen LogP contribution in [0.2, 0.25) is 0 Å². The maximum atomic E-state index is 13.0. The Morgan fingerprint density at radius 2 is 0.950 bits per heavy atom. The maximum absolute atomic E-state index is 13.0. The SMILES string of the molecule is COc1cc(OC)c2cc(-c3ccc4ccc(-c5cc6c(OC)cc(OC)cc6oc5=O)cc4c3)c(=O)oc2c1. The van der Waals surface area contributed by atoms with Crippen LogP contribution in [0.15, 0.2) is 91.2 Å². The average molecular weight is 537 g/mol. The van der Waals surface area contributed by atoms with E-state index in [0.717, 1.165) is 10.8 Å². The second kappa shape index (κ2) is 9.81. The lowest BCUT2D eigenvalue weighted by atomic mass is 9.98. The van der Waals surface area contributed by atoms with Gasteiger partial charge in [0, 0.05) is 24.3 Å². The molecule has 0 radical (unpaired) electrons. The number of methoxy groups -OCH3 is 4. The standard InChI is InChI=1S/C32H24O8/c1-35-21-11-27(37-3)25-15-23(31(33)39-29(25)13-21)18-7-5-17-6-8-19(10-20(17)9-18)24-16-26-28(38-4)12-22(36-2)14-30(26)40-32(24)34/h5-16H,1-4H3. The Hall–Kier alpha value is -5.24. The van der Waals surface area contributed by atoms with E-state index in [1.807, 2.05) is 36.4 Å². The van der Waals surface area contributed by atoms with E-state index in [0.29, 0.717) is 67.2 Å². The van der Waals surface area contributed by atoms with Crippen LogP contribution in [-0.4, -0.2) is 28.4 Å². The highest BCUT2D eigenvalue weighted by Gasteiger charge is 2.16. The summed E-state index contributed by atoms with van der Waals surface area (Å²) in [5.41, 5.74) is 1.84. The topological polar surface area (TPSA) is 97.3 Å². The van der Waals surface area contributed by atoms with Gasteiger partial charge in [-0.25, -0.2) is 9.59 Å². The van der Waals surface area contributed by atoms with Crippen LogP contribution in [0, 0.1) is 0 Å². The van der Waals surface area contributed by atoms with Gasteiger partial charge < -0.3 is 27.8 Å². The summed E-state index contributed by atoms with van der Waals surface area (Å²) in [4.78, 5) is 26.0. The quantitative estimate of drug-likeness (QED) is 0.225. The summed E-state index contributed by atoms with van der Waals surface area (Å²) in [6.45, 7) is 0. The summed E-state index contributed by atoms with van der Waals surface area (Å²) in [7, 11) is 6.16. The molecule has 0 saturated heterocycles. The number of hydrogen-bond donors (Lipinski definition) is 0. The first-order chi connectivity index (χ1) is 19.4. The van der Waals surface area contributed by atoms with Gasteiger partial charge in [-0.05, 0) is 46.2 Å². The lowest BCUT2D eigenvalue weighted by Gasteiger charge is -2.11. The first-order valence-electron chi connectivity index (χ1n) is 12.4. The first kappa shape index (κ1) is 25.1. The molecule has 2 heterocycles. The summed E-state index contributed by atoms with van der Waals surface area (Å²) >= 11 is 0. The van der Waals surface area contributed by atoms with Crippen molar-refractivity contribution in [2.45, 2.75) is 0 Å². The molecule has 0 aliphatic rings. The molecule has 8 nitrogen and oxygen atoms in total. The van der Waals surface area contributed by atoms with Crippen LogP contribution in [0.5, 0.6) is 23.0 Å². The molecular formula is C32H24O8. The predicted molar refractivity (Wildman–Crippen MR) is 153 cm³/mol. The van der Waals surface area contributed by atoms with Crippen molar-refractivity contribution in [1.82, 2.24) is 0 Å². The van der Waals surface area contributed by atoms with Crippen LogP contribution in [0.1, 0.15) is 0 Å². The van der Waals surface area contributed by atoms with E-state index >= 15 is 0 Å². The van der Waals surface area contributed by atoms with Crippen molar-refractivity contribution in [3.63, 3.8) is 0 Å². The highest BCUT2D eigenvalue weighted by atomic mass is 16.5. The average Bonchev–Trinajstić information content (AvgIpc) is 2.98. The normalized spacial score (nSPS) is 11.2. The zero-order valence-corrected chi connectivity index (χ0v) is 22.2. The minimum absolute atomic E-state index is 0.365. The second-order valence-corrected chi connectivity index (χ2v) is 9.15. The minimum Gasteiger partial charge on any atom is -0.496 e. The lowest BCUT2D eigenvalue weighted by molar-refractivity contribution is 0.395. The molecule has 0 unspecified atom stereocenters. The van der Waals surface area contributed by atoms with Gasteiger partial charge in [-0.15, -0.1) is 0 Å². The van der Waals surface area contributed by atoms with E-state index in [2.05, 4.69) is 0 Å². The zero-order valence-electron chi connectivity index (χ0n) is 22.2. The fourth-order valence-corrected chi connectivity index (χ4v) is 4.88. The molecule has 200 valence electrons. The van der Waals surface area contributed by atoms with Crippen molar-refractivity contribution >= 4 is 32.7 Å². The molecule has 40 heavy (non-hydrogen) atoms. The number of ether oxygens (including phenoxy) is 4. The van der Waals surface area contributed by atoms with Gasteiger partial charge in [0.05, 0.1) is 50.3 Å². The first-order valence-corrected chi connectivity index (χ1v) is 12.4. The van der Waals surface area contributed by atoms with Gasteiger partial charge >= 0.3 is 11.3 Å². The molecule has 0 N–H and O–H groups in total. The number of fused-ring (bicyclic) bond motifs is 3. The molecule has 8 heteroatoms. The largest absolute Gasteiger partial charge is 0.496 e. The van der Waals surface area contributed by atoms with Gasteiger partial charge in [-0.3, -0.25) is 0 Å². The Kier molecular flexibility index (Phi) is 6.15. The van der Waals surface area contributed by atoms with Crippen molar-refractivity contribution in [3.8, 4) is 45.3 Å². The van der Waals surface area contributed by atoms with Crippen molar-refractivity contribution in [2.75, 3.05) is 28.4 Å². The zero-order chi connectivity index (χ0) is 28.0. The highest BCUT2D eigenvalue weighted by molar-refractivity contribution is 5.94. The highest BCUT2D eigenvalue weighted by Crippen LogP contribution is 2.35. The van der Waals surface area contributed by atoms with Crippen molar-refractivity contribution in [1.29, 1.82) is 0 Å². The van der Waals surface area contributed by atoms with Crippen LogP contribution in [0.25, 0.3) is 55.0 Å². The molecule has 0 amide bonds. The third-order valence-electron chi connectivity index (χ3n) is 6.95. The summed E-state index contributed by atoms with van der Waals surface area (Å²) in [5, 5.41) is 3.06. The number of benzene rings is 4. The Labute approximate surface area is 227 Å². The van der Waals surface area contributed by atoms with Gasteiger partial charge in [0.15, 0.2) is 0 Å². The van der Waals surface area contributed by atoms with E-state index in [1.165, 1.54) is 14.2 Å². The monoisotopic (exact) mass is 536 g/mol. The van der Waals surface area contributed by atoms with E-state index in [-0.39, 0.29) is 0 Å². The molecule has 4 aromatic carbocycles. The van der Waals surface area contributed by atoms with E-state index < -0.39 is 11.3 Å². The van der Waals surface area contributed by atoms with Gasteiger partial charge in [-0.2, -0.15) is 0 Å². The van der Waals surface area contributed by atoms with Gasteiger partial charge in [0.2, 0.25) is 0 Å². The molecule has 0 atom stereocenters. The van der Waals surface area contributed by atoms with Crippen LogP contribution in [-0.2, 0) is 0 Å². The molecular weight excluding hydrogens is 512 g/mol. The predicted octanol–water partition coefficient (Wildman–Crippen LogP) is 6.42. The maximum Gasteiger partial charge on any atom is 0.344 e. The van der Waals surface area contributed by atoms with Gasteiger partial charge in [-0.1, -0.05) is 24.3 Å². The Balaban J connectivity index is 1.49. The van der Waals surface area contributed by atoms with Crippen LogP contribution >= 0.6 is 0 Å². The molecule has 6 rings (SSSR count). The molecule has 0 fully saturated rings. The molecule has 0 bridgehead atoms. The summed E-state index contributed by atoms with van der Waals surface area (Å²) in [5.74, 6) is 2.10. The van der Waals surface area contributed by atoms with E-state index in [1.54, 1.807) is 50.6 Å². The molecule has 0 saturated carbocycles. The smallest absolute Gasteiger partial charge is 0.344 e. The second-order valence-electron chi connectivity index (χ2n) is 9.15. The summed E-state index contributed by atoms with van der Waals surface area (Å²) in [6, 6.07) is 21.6. The summed E-state index contributed by atoms with van der Waals surface area (Å²) in [6.07, 6.45) is 0. The Morgan fingerprint density at radius 3 is 1.35 bits per heavy atom.